The lowest BCUT2D eigenvalue weighted by atomic mass is 10.1. The molecule has 0 aliphatic carbocycles. The maximum absolute atomic E-state index is 4.70. The molecule has 1 aromatic heterocycles. The standard InChI is InChI=1S/C17H31N5S.HI/c1-4-18-17(19-10-6-11-21(2)3)20-15-8-12-22(13-9-15)16-7-5-14-23-16;/h5,7,14-15H,4,6,8-13H2,1-3H3,(H2,18,19,20);1H. The maximum atomic E-state index is 4.70. The summed E-state index contributed by atoms with van der Waals surface area (Å²) in [7, 11) is 4.21. The van der Waals surface area contributed by atoms with E-state index in [4.69, 9.17) is 4.99 Å². The van der Waals surface area contributed by atoms with Crippen LogP contribution < -0.4 is 15.5 Å². The van der Waals surface area contributed by atoms with E-state index in [1.807, 2.05) is 11.3 Å². The highest BCUT2D eigenvalue weighted by molar-refractivity contribution is 14.0. The molecule has 2 N–H and O–H groups in total. The van der Waals surface area contributed by atoms with Crippen LogP contribution in [0.1, 0.15) is 26.2 Å². The quantitative estimate of drug-likeness (QED) is 0.281. The molecule has 0 unspecified atom stereocenters. The van der Waals surface area contributed by atoms with E-state index >= 15 is 0 Å². The van der Waals surface area contributed by atoms with Crippen molar-refractivity contribution in [3.05, 3.63) is 17.5 Å². The van der Waals surface area contributed by atoms with Crippen molar-refractivity contribution in [2.24, 2.45) is 4.99 Å². The number of hydrogen-bond donors (Lipinski definition) is 2. The highest BCUT2D eigenvalue weighted by Gasteiger charge is 2.20. The molecule has 0 radical (unpaired) electrons. The Morgan fingerprint density at radius 1 is 1.38 bits per heavy atom. The molecule has 0 atom stereocenters. The molecule has 0 spiro atoms. The molecule has 2 rings (SSSR count). The third-order valence-electron chi connectivity index (χ3n) is 4.03. The fourth-order valence-electron chi connectivity index (χ4n) is 2.79. The Hall–Kier alpha value is -0.540. The van der Waals surface area contributed by atoms with Crippen LogP contribution >= 0.6 is 35.3 Å². The number of piperidine rings is 1. The lowest BCUT2D eigenvalue weighted by molar-refractivity contribution is 0.402. The van der Waals surface area contributed by atoms with E-state index in [0.717, 1.165) is 45.1 Å². The monoisotopic (exact) mass is 465 g/mol. The topological polar surface area (TPSA) is 42.9 Å². The van der Waals surface area contributed by atoms with Crippen LogP contribution in [0.15, 0.2) is 22.5 Å². The van der Waals surface area contributed by atoms with Gasteiger partial charge in [-0.05, 0) is 64.3 Å². The molecule has 1 saturated heterocycles. The smallest absolute Gasteiger partial charge is 0.191 e. The first-order valence-electron chi connectivity index (χ1n) is 8.67. The number of guanidine groups is 1. The van der Waals surface area contributed by atoms with E-state index < -0.39 is 0 Å². The second kappa shape index (κ2) is 11.9. The van der Waals surface area contributed by atoms with Gasteiger partial charge in [0.15, 0.2) is 5.96 Å². The third kappa shape index (κ3) is 7.57. The maximum Gasteiger partial charge on any atom is 0.191 e. The van der Waals surface area contributed by atoms with Crippen LogP contribution in [0.25, 0.3) is 0 Å². The number of thiophene rings is 1. The van der Waals surface area contributed by atoms with Gasteiger partial charge < -0.3 is 20.4 Å². The number of rotatable bonds is 7. The van der Waals surface area contributed by atoms with Crippen LogP contribution in [0.3, 0.4) is 0 Å². The molecular formula is C17H32IN5S. The summed E-state index contributed by atoms with van der Waals surface area (Å²) in [6.07, 6.45) is 3.43. The SMILES string of the molecule is CCNC(=NCCCN(C)C)NC1CCN(c2cccs2)CC1.I. The zero-order chi connectivity index (χ0) is 16.5. The van der Waals surface area contributed by atoms with E-state index in [1.54, 1.807) is 0 Å². The van der Waals surface area contributed by atoms with E-state index in [1.165, 1.54) is 17.8 Å². The molecule has 7 heteroatoms. The summed E-state index contributed by atoms with van der Waals surface area (Å²) < 4.78 is 0. The van der Waals surface area contributed by atoms with Gasteiger partial charge in [-0.15, -0.1) is 35.3 Å². The lowest BCUT2D eigenvalue weighted by Crippen LogP contribution is -2.48. The minimum atomic E-state index is 0. The minimum Gasteiger partial charge on any atom is -0.363 e. The Labute approximate surface area is 167 Å². The van der Waals surface area contributed by atoms with Crippen molar-refractivity contribution >= 4 is 46.3 Å². The van der Waals surface area contributed by atoms with Crippen LogP contribution in [0.4, 0.5) is 5.00 Å². The molecule has 0 amide bonds. The minimum absolute atomic E-state index is 0. The van der Waals surface area contributed by atoms with Gasteiger partial charge in [-0.25, -0.2) is 0 Å². The van der Waals surface area contributed by atoms with E-state index in [9.17, 15) is 0 Å². The van der Waals surface area contributed by atoms with Crippen LogP contribution in [0, 0.1) is 0 Å². The Kier molecular flexibility index (Phi) is 10.7. The van der Waals surface area contributed by atoms with Crippen molar-refractivity contribution < 1.29 is 0 Å². The normalized spacial score (nSPS) is 16.2. The van der Waals surface area contributed by atoms with E-state index in [0.29, 0.717) is 6.04 Å². The van der Waals surface area contributed by atoms with Crippen LogP contribution in [0.2, 0.25) is 0 Å². The highest BCUT2D eigenvalue weighted by Crippen LogP contribution is 2.24. The summed E-state index contributed by atoms with van der Waals surface area (Å²) in [4.78, 5) is 9.40. The van der Waals surface area contributed by atoms with Gasteiger partial charge in [-0.2, -0.15) is 0 Å². The molecule has 0 bridgehead atoms. The highest BCUT2D eigenvalue weighted by atomic mass is 127. The molecule has 0 aromatic carbocycles. The molecule has 0 saturated carbocycles. The Morgan fingerprint density at radius 3 is 2.71 bits per heavy atom. The molecule has 5 nitrogen and oxygen atoms in total. The third-order valence-corrected chi connectivity index (χ3v) is 4.96. The number of nitrogens with zero attached hydrogens (tertiary/aromatic N) is 3. The Balaban J connectivity index is 0.00000288. The summed E-state index contributed by atoms with van der Waals surface area (Å²) >= 11 is 1.83. The molecule has 24 heavy (non-hydrogen) atoms. The second-order valence-corrected chi connectivity index (χ2v) is 7.20. The zero-order valence-corrected chi connectivity index (χ0v) is 18.3. The van der Waals surface area contributed by atoms with E-state index in [-0.39, 0.29) is 24.0 Å². The first-order valence-corrected chi connectivity index (χ1v) is 9.55. The molecule has 1 aliphatic rings. The van der Waals surface area contributed by atoms with E-state index in [2.05, 4.69) is 59.0 Å². The summed E-state index contributed by atoms with van der Waals surface area (Å²) in [5.41, 5.74) is 0. The molecular weight excluding hydrogens is 433 g/mol. The summed E-state index contributed by atoms with van der Waals surface area (Å²) in [5.74, 6) is 0.973. The Bertz CT molecular complexity index is 456. The van der Waals surface area contributed by atoms with Gasteiger partial charge in [0.2, 0.25) is 0 Å². The van der Waals surface area contributed by atoms with Crippen LogP contribution in [0.5, 0.6) is 0 Å². The second-order valence-electron chi connectivity index (χ2n) is 6.27. The van der Waals surface area contributed by atoms with Crippen molar-refractivity contribution in [1.29, 1.82) is 0 Å². The predicted molar refractivity (Wildman–Crippen MR) is 117 cm³/mol. The van der Waals surface area contributed by atoms with Crippen molar-refractivity contribution in [3.8, 4) is 0 Å². The van der Waals surface area contributed by atoms with Crippen molar-refractivity contribution in [2.45, 2.75) is 32.2 Å². The lowest BCUT2D eigenvalue weighted by Gasteiger charge is -2.33. The van der Waals surface area contributed by atoms with Gasteiger partial charge in [0.25, 0.3) is 0 Å². The van der Waals surface area contributed by atoms with Gasteiger partial charge in [0.05, 0.1) is 5.00 Å². The molecule has 1 fully saturated rings. The summed E-state index contributed by atoms with van der Waals surface area (Å²) in [6, 6.07) is 4.88. The van der Waals surface area contributed by atoms with Crippen molar-refractivity contribution in [2.75, 3.05) is 51.7 Å². The fourth-order valence-corrected chi connectivity index (χ4v) is 3.57. The number of nitrogens with one attached hydrogen (secondary N) is 2. The molecule has 138 valence electrons. The van der Waals surface area contributed by atoms with Crippen molar-refractivity contribution in [1.82, 2.24) is 15.5 Å². The van der Waals surface area contributed by atoms with Crippen LogP contribution in [-0.2, 0) is 0 Å². The first kappa shape index (κ1) is 21.5. The van der Waals surface area contributed by atoms with Gasteiger partial charge in [0, 0.05) is 32.2 Å². The van der Waals surface area contributed by atoms with Crippen molar-refractivity contribution in [3.63, 3.8) is 0 Å². The number of anilines is 1. The molecule has 1 aromatic rings. The Morgan fingerprint density at radius 2 is 2.12 bits per heavy atom. The molecule has 1 aliphatic heterocycles. The summed E-state index contributed by atoms with van der Waals surface area (Å²) in [5, 5.41) is 10.5. The average Bonchev–Trinajstić information content (AvgIpc) is 3.06. The zero-order valence-electron chi connectivity index (χ0n) is 15.1. The summed E-state index contributed by atoms with van der Waals surface area (Å²) in [6.45, 7) is 7.24. The number of aliphatic imine (C=N–C) groups is 1. The van der Waals surface area contributed by atoms with Gasteiger partial charge in [-0.1, -0.05) is 0 Å². The predicted octanol–water partition coefficient (Wildman–Crippen LogP) is 2.84. The fraction of sp³-hybridized carbons (Fsp3) is 0.706. The average molecular weight is 465 g/mol. The van der Waals surface area contributed by atoms with Crippen LogP contribution in [-0.4, -0.2) is 63.7 Å². The van der Waals surface area contributed by atoms with Gasteiger partial charge in [0.1, 0.15) is 0 Å². The number of halogens is 1. The first-order chi connectivity index (χ1) is 11.2. The largest absolute Gasteiger partial charge is 0.363 e. The van der Waals surface area contributed by atoms with Gasteiger partial charge in [-0.3, -0.25) is 4.99 Å². The number of hydrogen-bond acceptors (Lipinski definition) is 4. The molecule has 2 heterocycles. The van der Waals surface area contributed by atoms with Gasteiger partial charge >= 0.3 is 0 Å².